The van der Waals surface area contributed by atoms with Crippen LogP contribution in [-0.4, -0.2) is 67.2 Å². The van der Waals surface area contributed by atoms with Crippen molar-refractivity contribution < 1.29 is 4.79 Å². The number of likely N-dealkylation sites (tertiary alicyclic amines) is 1. The molecule has 1 heterocycles. The van der Waals surface area contributed by atoms with E-state index in [-0.39, 0.29) is 6.03 Å². The normalized spacial score (nSPS) is 18.4. The lowest BCUT2D eigenvalue weighted by atomic mass is 10.0. The molecule has 0 bridgehead atoms. The summed E-state index contributed by atoms with van der Waals surface area (Å²) in [5.74, 6) is 0. The van der Waals surface area contributed by atoms with E-state index in [9.17, 15) is 4.79 Å². The van der Waals surface area contributed by atoms with E-state index in [4.69, 9.17) is 0 Å². The first-order valence-electron chi connectivity index (χ1n) is 8.11. The predicted octanol–water partition coefficient (Wildman–Crippen LogP) is 1.50. The molecule has 5 nitrogen and oxygen atoms in total. The molecule has 2 amide bonds. The fourth-order valence-corrected chi connectivity index (χ4v) is 2.84. The molecule has 0 radical (unpaired) electrons. The minimum absolute atomic E-state index is 0.0853. The maximum Gasteiger partial charge on any atom is 0.317 e. The maximum absolute atomic E-state index is 11.7. The first-order valence-corrected chi connectivity index (χ1v) is 8.11. The molecule has 20 heavy (non-hydrogen) atoms. The SMILES string of the molecule is CCNC(=O)N1CCC(NC(C)CN(CC)CC)CC1. The second kappa shape index (κ2) is 9.19. The van der Waals surface area contributed by atoms with Gasteiger partial charge in [-0.1, -0.05) is 13.8 Å². The molecule has 5 heteroatoms. The summed E-state index contributed by atoms with van der Waals surface area (Å²) in [6, 6.07) is 1.14. The second-order valence-electron chi connectivity index (χ2n) is 5.65. The zero-order valence-corrected chi connectivity index (χ0v) is 13.6. The van der Waals surface area contributed by atoms with Gasteiger partial charge in [-0.15, -0.1) is 0 Å². The number of urea groups is 1. The summed E-state index contributed by atoms with van der Waals surface area (Å²) in [6.07, 6.45) is 2.11. The van der Waals surface area contributed by atoms with Crippen molar-refractivity contribution in [1.82, 2.24) is 20.4 Å². The van der Waals surface area contributed by atoms with Crippen molar-refractivity contribution in [2.75, 3.05) is 39.3 Å². The van der Waals surface area contributed by atoms with Crippen LogP contribution in [0.1, 0.15) is 40.5 Å². The Kier molecular flexibility index (Phi) is 7.92. The van der Waals surface area contributed by atoms with E-state index in [2.05, 4.69) is 36.3 Å². The largest absolute Gasteiger partial charge is 0.338 e. The summed E-state index contributed by atoms with van der Waals surface area (Å²) >= 11 is 0. The van der Waals surface area contributed by atoms with Crippen LogP contribution in [0.2, 0.25) is 0 Å². The van der Waals surface area contributed by atoms with Crippen LogP contribution >= 0.6 is 0 Å². The highest BCUT2D eigenvalue weighted by atomic mass is 16.2. The molecule has 0 aromatic heterocycles. The summed E-state index contributed by atoms with van der Waals surface area (Å²) in [5.41, 5.74) is 0. The molecule has 1 atom stereocenters. The number of nitrogens with zero attached hydrogens (tertiary/aromatic N) is 2. The van der Waals surface area contributed by atoms with Gasteiger partial charge in [0.25, 0.3) is 0 Å². The molecule has 0 aliphatic carbocycles. The van der Waals surface area contributed by atoms with Crippen molar-refractivity contribution in [3.05, 3.63) is 0 Å². The van der Waals surface area contributed by atoms with E-state index in [0.29, 0.717) is 18.6 Å². The van der Waals surface area contributed by atoms with Gasteiger partial charge >= 0.3 is 6.03 Å². The average Bonchev–Trinajstić information content (AvgIpc) is 2.45. The third kappa shape index (κ3) is 5.67. The van der Waals surface area contributed by atoms with Crippen molar-refractivity contribution >= 4 is 6.03 Å². The van der Waals surface area contributed by atoms with Gasteiger partial charge in [-0.2, -0.15) is 0 Å². The van der Waals surface area contributed by atoms with Gasteiger partial charge in [0.1, 0.15) is 0 Å². The third-order valence-corrected chi connectivity index (χ3v) is 4.06. The molecular formula is C15H32N4O. The highest BCUT2D eigenvalue weighted by Gasteiger charge is 2.23. The molecule has 0 spiro atoms. The number of carbonyl (C=O) groups is 1. The number of amides is 2. The summed E-state index contributed by atoms with van der Waals surface area (Å²) < 4.78 is 0. The van der Waals surface area contributed by atoms with Crippen LogP contribution in [-0.2, 0) is 0 Å². The first-order chi connectivity index (χ1) is 9.60. The third-order valence-electron chi connectivity index (χ3n) is 4.06. The molecule has 1 saturated heterocycles. The van der Waals surface area contributed by atoms with Crippen LogP contribution in [0.25, 0.3) is 0 Å². The molecule has 0 aromatic carbocycles. The molecule has 118 valence electrons. The number of rotatable bonds is 7. The van der Waals surface area contributed by atoms with E-state index in [1.807, 2.05) is 11.8 Å². The van der Waals surface area contributed by atoms with Gasteiger partial charge in [0.15, 0.2) is 0 Å². The van der Waals surface area contributed by atoms with Crippen LogP contribution in [0.5, 0.6) is 0 Å². The number of piperidine rings is 1. The average molecular weight is 284 g/mol. The van der Waals surface area contributed by atoms with Crippen LogP contribution in [0, 0.1) is 0 Å². The van der Waals surface area contributed by atoms with E-state index in [0.717, 1.165) is 45.6 Å². The second-order valence-corrected chi connectivity index (χ2v) is 5.65. The van der Waals surface area contributed by atoms with Crippen molar-refractivity contribution in [3.8, 4) is 0 Å². The molecule has 1 fully saturated rings. The van der Waals surface area contributed by atoms with E-state index >= 15 is 0 Å². The van der Waals surface area contributed by atoms with Crippen LogP contribution in [0.3, 0.4) is 0 Å². The number of hydrogen-bond acceptors (Lipinski definition) is 3. The molecule has 0 saturated carbocycles. The molecule has 1 aliphatic heterocycles. The van der Waals surface area contributed by atoms with Crippen molar-refractivity contribution in [3.63, 3.8) is 0 Å². The van der Waals surface area contributed by atoms with E-state index in [1.54, 1.807) is 0 Å². The van der Waals surface area contributed by atoms with Gasteiger partial charge < -0.3 is 20.4 Å². The van der Waals surface area contributed by atoms with Gasteiger partial charge in [0.2, 0.25) is 0 Å². The quantitative estimate of drug-likeness (QED) is 0.745. The Morgan fingerprint density at radius 1 is 1.25 bits per heavy atom. The van der Waals surface area contributed by atoms with Gasteiger partial charge in [-0.05, 0) is 39.8 Å². The van der Waals surface area contributed by atoms with Crippen LogP contribution in [0.4, 0.5) is 4.79 Å². The van der Waals surface area contributed by atoms with Crippen LogP contribution in [0.15, 0.2) is 0 Å². The Labute approximate surface area is 124 Å². The monoisotopic (exact) mass is 284 g/mol. The summed E-state index contributed by atoms with van der Waals surface area (Å²) in [4.78, 5) is 16.1. The van der Waals surface area contributed by atoms with Crippen molar-refractivity contribution in [1.29, 1.82) is 0 Å². The minimum atomic E-state index is 0.0853. The Balaban J connectivity index is 2.26. The van der Waals surface area contributed by atoms with Crippen LogP contribution < -0.4 is 10.6 Å². The number of hydrogen-bond donors (Lipinski definition) is 2. The molecule has 2 N–H and O–H groups in total. The molecule has 0 aromatic rings. The van der Waals surface area contributed by atoms with Gasteiger partial charge in [0.05, 0.1) is 0 Å². The van der Waals surface area contributed by atoms with Gasteiger partial charge in [0, 0.05) is 38.3 Å². The van der Waals surface area contributed by atoms with Gasteiger partial charge in [-0.3, -0.25) is 0 Å². The Hall–Kier alpha value is -0.810. The van der Waals surface area contributed by atoms with Crippen molar-refractivity contribution in [2.45, 2.75) is 52.6 Å². The summed E-state index contributed by atoms with van der Waals surface area (Å²) in [6.45, 7) is 14.4. The number of likely N-dealkylation sites (N-methyl/N-ethyl adjacent to an activating group) is 1. The van der Waals surface area contributed by atoms with Crippen molar-refractivity contribution in [2.24, 2.45) is 0 Å². The van der Waals surface area contributed by atoms with Gasteiger partial charge in [-0.25, -0.2) is 4.79 Å². The summed E-state index contributed by atoms with van der Waals surface area (Å²) in [7, 11) is 0. The van der Waals surface area contributed by atoms with E-state index < -0.39 is 0 Å². The molecule has 1 unspecified atom stereocenters. The highest BCUT2D eigenvalue weighted by molar-refractivity contribution is 5.74. The number of nitrogens with one attached hydrogen (secondary N) is 2. The zero-order valence-electron chi connectivity index (χ0n) is 13.6. The summed E-state index contributed by atoms with van der Waals surface area (Å²) in [5, 5.41) is 6.58. The highest BCUT2D eigenvalue weighted by Crippen LogP contribution is 2.11. The minimum Gasteiger partial charge on any atom is -0.338 e. The van der Waals surface area contributed by atoms with E-state index in [1.165, 1.54) is 0 Å². The first kappa shape index (κ1) is 17.2. The fourth-order valence-electron chi connectivity index (χ4n) is 2.84. The standard InChI is InChI=1S/C15H32N4O/c1-5-16-15(20)19-10-8-14(9-11-19)17-13(4)12-18(6-2)7-3/h13-14,17H,5-12H2,1-4H3,(H,16,20). The molecule has 1 aliphatic rings. The zero-order chi connectivity index (χ0) is 15.0. The Morgan fingerprint density at radius 2 is 1.85 bits per heavy atom. The Morgan fingerprint density at radius 3 is 2.35 bits per heavy atom. The lowest BCUT2D eigenvalue weighted by Crippen LogP contribution is -2.51. The number of carbonyl (C=O) groups excluding carboxylic acids is 1. The topological polar surface area (TPSA) is 47.6 Å². The lowest BCUT2D eigenvalue weighted by Gasteiger charge is -2.34. The Bertz CT molecular complexity index is 273. The fraction of sp³-hybridized carbons (Fsp3) is 0.933. The lowest BCUT2D eigenvalue weighted by molar-refractivity contribution is 0.171. The smallest absolute Gasteiger partial charge is 0.317 e. The molecular weight excluding hydrogens is 252 g/mol. The maximum atomic E-state index is 11.7. The molecule has 1 rings (SSSR count). The predicted molar refractivity (Wildman–Crippen MR) is 84.1 cm³/mol.